The van der Waals surface area contributed by atoms with Gasteiger partial charge < -0.3 is 25.3 Å². The molecule has 1 aliphatic carbocycles. The van der Waals surface area contributed by atoms with Crippen molar-refractivity contribution in [2.75, 3.05) is 5.32 Å². The van der Waals surface area contributed by atoms with Crippen LogP contribution < -0.4 is 25.3 Å². The lowest BCUT2D eigenvalue weighted by Gasteiger charge is -2.24. The van der Waals surface area contributed by atoms with Crippen molar-refractivity contribution in [2.45, 2.75) is 30.4 Å². The van der Waals surface area contributed by atoms with Crippen molar-refractivity contribution >= 4 is 41.0 Å². The highest BCUT2D eigenvalue weighted by Crippen LogP contribution is 2.43. The molecule has 3 N–H and O–H groups in total. The summed E-state index contributed by atoms with van der Waals surface area (Å²) < 4.78 is 68.1. The number of hydrogen-bond donors (Lipinski definition) is 2. The van der Waals surface area contributed by atoms with Crippen molar-refractivity contribution in [1.29, 1.82) is 0 Å². The second kappa shape index (κ2) is 10.5. The second-order valence-corrected chi connectivity index (χ2v) is 9.87. The van der Waals surface area contributed by atoms with E-state index in [1.54, 1.807) is 29.6 Å². The molecule has 1 aromatic heterocycles. The van der Waals surface area contributed by atoms with Gasteiger partial charge in [0, 0.05) is 40.9 Å². The van der Waals surface area contributed by atoms with Crippen LogP contribution in [0.4, 0.5) is 23.2 Å². The van der Waals surface area contributed by atoms with Gasteiger partial charge in [0.1, 0.15) is 46.4 Å². The third-order valence-electron chi connectivity index (χ3n) is 5.40. The van der Waals surface area contributed by atoms with E-state index in [2.05, 4.69) is 15.0 Å². The summed E-state index contributed by atoms with van der Waals surface area (Å²) in [6.45, 7) is 0. The topological polar surface area (TPSA) is 113 Å². The van der Waals surface area contributed by atoms with Crippen molar-refractivity contribution in [2.24, 2.45) is 5.73 Å². The number of carbonyl (C=O) groups excluding carboxylic acids is 2. The van der Waals surface area contributed by atoms with E-state index in [4.69, 9.17) is 15.2 Å². The van der Waals surface area contributed by atoms with Crippen LogP contribution in [0.3, 0.4) is 0 Å². The lowest BCUT2D eigenvalue weighted by atomic mass is 9.52. The number of nitrogens with zero attached hydrogens (tertiary/aromatic N) is 1. The van der Waals surface area contributed by atoms with Gasteiger partial charge in [0.05, 0.1) is 5.56 Å². The number of primary amides is 1. The quantitative estimate of drug-likeness (QED) is 0.317. The summed E-state index contributed by atoms with van der Waals surface area (Å²) in [5.41, 5.74) is 5.52. The van der Waals surface area contributed by atoms with Gasteiger partial charge in [-0.15, -0.1) is 13.2 Å². The number of ether oxygens (including phenoxy) is 3. The summed E-state index contributed by atoms with van der Waals surface area (Å²) in [4.78, 5) is 29.0. The van der Waals surface area contributed by atoms with Gasteiger partial charge in [-0.1, -0.05) is 0 Å². The maximum Gasteiger partial charge on any atom is 0.573 e. The predicted octanol–water partition coefficient (Wildman–Crippen LogP) is 2.03. The maximum atomic E-state index is 13.9. The van der Waals surface area contributed by atoms with Crippen LogP contribution >= 0.6 is 0 Å². The third kappa shape index (κ3) is 7.46. The molecule has 4 rings (SSSR count). The van der Waals surface area contributed by atoms with Gasteiger partial charge in [-0.25, -0.2) is 4.39 Å². The number of amides is 2. The molecule has 200 valence electrons. The highest BCUT2D eigenvalue weighted by atomic mass is 19.4. The normalized spacial score (nSPS) is 13.4. The molecule has 1 aliphatic rings. The fraction of sp³-hybridized carbons (Fsp3) is 0.208. The highest BCUT2D eigenvalue weighted by Gasteiger charge is 2.32. The first-order valence-corrected chi connectivity index (χ1v) is 11.9. The fourth-order valence-electron chi connectivity index (χ4n) is 3.60. The van der Waals surface area contributed by atoms with Gasteiger partial charge >= 0.3 is 6.36 Å². The summed E-state index contributed by atoms with van der Waals surface area (Å²) in [6, 6.07) is 8.25. The molecule has 0 bridgehead atoms. The van der Waals surface area contributed by atoms with Crippen molar-refractivity contribution in [3.63, 3.8) is 0 Å². The Hall–Kier alpha value is -4.16. The van der Waals surface area contributed by atoms with Gasteiger partial charge in [-0.2, -0.15) is 0 Å². The van der Waals surface area contributed by atoms with Crippen molar-refractivity contribution in [3.8, 4) is 23.0 Å². The van der Waals surface area contributed by atoms with Crippen LogP contribution in [0.25, 0.3) is 0 Å². The molecule has 1 heterocycles. The molecule has 0 atom stereocenters. The molecular weight excluding hydrogens is 519 g/mol. The molecular formula is C24H22B3F4N3O5. The van der Waals surface area contributed by atoms with Gasteiger partial charge in [-0.05, 0) is 43.2 Å². The van der Waals surface area contributed by atoms with E-state index >= 15 is 0 Å². The minimum atomic E-state index is -4.91. The van der Waals surface area contributed by atoms with Crippen LogP contribution in [0.5, 0.6) is 23.0 Å². The number of nitrogens with two attached hydrogens (primary N) is 1. The molecule has 8 nitrogen and oxygen atoms in total. The molecule has 2 amide bonds. The number of pyridine rings is 1. The van der Waals surface area contributed by atoms with E-state index < -0.39 is 40.6 Å². The monoisotopic (exact) mass is 541 g/mol. The molecule has 0 aliphatic heterocycles. The summed E-state index contributed by atoms with van der Waals surface area (Å²) in [5, 5.41) is 1.74. The first kappa shape index (κ1) is 27.9. The number of rotatable bonds is 9. The molecule has 0 saturated heterocycles. The SMILES string of the molecule is BC(B)(B)Oc1cc(OC(F)(F)F)ccc1Oc1cc(C2CC2)ncc1C(=O)Nc1ccc(F)c(C(N)=O)c1. The van der Waals surface area contributed by atoms with Crippen molar-refractivity contribution in [1.82, 2.24) is 4.98 Å². The number of anilines is 1. The molecule has 15 heteroatoms. The minimum Gasteiger partial charge on any atom is -0.510 e. The molecule has 0 radical (unpaired) electrons. The molecule has 3 aromatic rings. The van der Waals surface area contributed by atoms with Gasteiger partial charge in [-0.3, -0.25) is 14.6 Å². The molecule has 1 fully saturated rings. The van der Waals surface area contributed by atoms with Crippen molar-refractivity contribution < 1.29 is 41.4 Å². The van der Waals surface area contributed by atoms with E-state index in [9.17, 15) is 27.2 Å². The number of carbonyl (C=O) groups is 2. The number of nitrogens with one attached hydrogen (secondary N) is 1. The number of alkyl halides is 3. The number of halogens is 4. The average molecular weight is 541 g/mol. The second-order valence-electron chi connectivity index (χ2n) is 9.87. The van der Waals surface area contributed by atoms with E-state index in [1.165, 1.54) is 18.3 Å². The molecule has 1 saturated carbocycles. The maximum absolute atomic E-state index is 13.9. The Balaban J connectivity index is 1.70. The zero-order chi connectivity index (χ0) is 28.5. The Labute approximate surface area is 223 Å². The Bertz CT molecular complexity index is 1430. The first-order valence-electron chi connectivity index (χ1n) is 11.9. The zero-order valence-electron chi connectivity index (χ0n) is 21.2. The van der Waals surface area contributed by atoms with Crippen LogP contribution in [-0.4, -0.2) is 52.0 Å². The largest absolute Gasteiger partial charge is 0.573 e. The van der Waals surface area contributed by atoms with E-state index in [0.29, 0.717) is 5.69 Å². The number of benzene rings is 2. The molecule has 2 aromatic carbocycles. The minimum absolute atomic E-state index is 0.0262. The fourth-order valence-corrected chi connectivity index (χ4v) is 3.60. The predicted molar refractivity (Wildman–Crippen MR) is 141 cm³/mol. The highest BCUT2D eigenvalue weighted by molar-refractivity contribution is 6.58. The number of aromatic nitrogens is 1. The summed E-state index contributed by atoms with van der Waals surface area (Å²) in [6.07, 6.45) is -1.79. The zero-order valence-corrected chi connectivity index (χ0v) is 21.2. The molecule has 0 spiro atoms. The van der Waals surface area contributed by atoms with Gasteiger partial charge in [0.25, 0.3) is 11.8 Å². The Morgan fingerprint density at radius 2 is 1.67 bits per heavy atom. The van der Waals surface area contributed by atoms with Crippen LogP contribution in [0.1, 0.15) is 45.2 Å². The standard InChI is InChI=1S/C24H22B3F4N3O5/c25-23(26,27)39-20-8-13(38-24(29,30)31)4-6-18(20)37-19-9-17(11-1-2-11)33-10-15(19)22(36)34-12-3-5-16(28)14(7-12)21(32)35/h3-11H,1-2,25-27H2,(H2,32,35)(H,34,36). The Morgan fingerprint density at radius 3 is 2.28 bits per heavy atom. The summed E-state index contributed by atoms with van der Waals surface area (Å²) in [5.74, 6) is -2.84. The lowest BCUT2D eigenvalue weighted by molar-refractivity contribution is -0.274. The Kier molecular flexibility index (Phi) is 7.53. The number of hydrogen-bond acceptors (Lipinski definition) is 6. The molecule has 0 unspecified atom stereocenters. The third-order valence-corrected chi connectivity index (χ3v) is 5.40. The molecule has 39 heavy (non-hydrogen) atoms. The summed E-state index contributed by atoms with van der Waals surface area (Å²) in [7, 11) is 5.11. The van der Waals surface area contributed by atoms with Crippen LogP contribution in [0.2, 0.25) is 0 Å². The van der Waals surface area contributed by atoms with Gasteiger partial charge in [0.2, 0.25) is 0 Å². The average Bonchev–Trinajstić information content (AvgIpc) is 3.65. The van der Waals surface area contributed by atoms with Crippen LogP contribution in [0, 0.1) is 5.82 Å². The Morgan fingerprint density at radius 1 is 0.949 bits per heavy atom. The van der Waals surface area contributed by atoms with Gasteiger partial charge in [0.15, 0.2) is 11.5 Å². The van der Waals surface area contributed by atoms with E-state index in [1.807, 2.05) is 0 Å². The first-order chi connectivity index (χ1) is 18.2. The van der Waals surface area contributed by atoms with Crippen LogP contribution in [-0.2, 0) is 0 Å². The lowest BCUT2D eigenvalue weighted by Crippen LogP contribution is -2.37. The smallest absolute Gasteiger partial charge is 0.510 e. The van der Waals surface area contributed by atoms with Crippen LogP contribution in [0.15, 0.2) is 48.7 Å². The summed E-state index contributed by atoms with van der Waals surface area (Å²) >= 11 is 0. The van der Waals surface area contributed by atoms with E-state index in [0.717, 1.165) is 37.1 Å². The van der Waals surface area contributed by atoms with E-state index in [-0.39, 0.29) is 34.4 Å². The van der Waals surface area contributed by atoms with Crippen molar-refractivity contribution in [3.05, 3.63) is 71.3 Å².